The van der Waals surface area contributed by atoms with E-state index in [0.717, 1.165) is 5.56 Å². The molecular weight excluding hydrogens is 272 g/mol. The zero-order valence-electron chi connectivity index (χ0n) is 11.4. The van der Waals surface area contributed by atoms with Crippen molar-refractivity contribution in [2.45, 2.75) is 13.5 Å². The van der Waals surface area contributed by atoms with Gasteiger partial charge in [-0.2, -0.15) is 0 Å². The summed E-state index contributed by atoms with van der Waals surface area (Å²) < 4.78 is 0. The summed E-state index contributed by atoms with van der Waals surface area (Å²) in [6.07, 6.45) is 1.62. The van der Waals surface area contributed by atoms with Gasteiger partial charge in [-0.25, -0.2) is 0 Å². The number of nitrogens with two attached hydrogens (primary N) is 1. The van der Waals surface area contributed by atoms with Crippen LogP contribution in [0.1, 0.15) is 21.6 Å². The number of amides is 1. The molecule has 7 nitrogen and oxygen atoms in total. The van der Waals surface area contributed by atoms with Crippen molar-refractivity contribution in [3.63, 3.8) is 0 Å². The van der Waals surface area contributed by atoms with Gasteiger partial charge in [-0.15, -0.1) is 0 Å². The summed E-state index contributed by atoms with van der Waals surface area (Å²) in [6, 6.07) is 7.93. The molecule has 2 rings (SSSR count). The molecule has 0 unspecified atom stereocenters. The number of aryl methyl sites for hydroxylation is 1. The molecule has 0 bridgehead atoms. The minimum atomic E-state index is -0.656. The molecule has 0 spiro atoms. The van der Waals surface area contributed by atoms with E-state index in [0.29, 0.717) is 5.69 Å². The Kier molecular flexibility index (Phi) is 4.13. The van der Waals surface area contributed by atoms with Crippen LogP contribution in [-0.2, 0) is 6.54 Å². The van der Waals surface area contributed by atoms with Crippen LogP contribution in [0.3, 0.4) is 0 Å². The zero-order valence-corrected chi connectivity index (χ0v) is 11.4. The molecule has 1 aromatic heterocycles. The molecule has 3 N–H and O–H groups in total. The van der Waals surface area contributed by atoms with Gasteiger partial charge in [0.25, 0.3) is 5.91 Å². The third kappa shape index (κ3) is 3.14. The normalized spacial score (nSPS) is 10.1. The number of nitro benzene ring substituents is 1. The van der Waals surface area contributed by atoms with E-state index < -0.39 is 10.8 Å². The van der Waals surface area contributed by atoms with Crippen molar-refractivity contribution in [2.24, 2.45) is 0 Å². The molecular formula is C14H14N4O3. The number of carbonyl (C=O) groups excluding carboxylic acids is 1. The number of nitro groups is 1. The minimum Gasteiger partial charge on any atom is -0.393 e. The molecule has 7 heteroatoms. The van der Waals surface area contributed by atoms with Gasteiger partial charge in [-0.05, 0) is 30.7 Å². The van der Waals surface area contributed by atoms with Crippen LogP contribution in [0.25, 0.3) is 0 Å². The predicted molar refractivity (Wildman–Crippen MR) is 77.7 cm³/mol. The molecule has 0 aliphatic heterocycles. The first kappa shape index (κ1) is 14.4. The maximum absolute atomic E-state index is 12.1. The number of hydrogen-bond acceptors (Lipinski definition) is 5. The summed E-state index contributed by atoms with van der Waals surface area (Å²) in [5.74, 6) is -0.556. The molecule has 0 fully saturated rings. The lowest BCUT2D eigenvalue weighted by Crippen LogP contribution is -2.24. The van der Waals surface area contributed by atoms with Crippen LogP contribution in [0.15, 0.2) is 36.5 Å². The Morgan fingerprint density at radius 3 is 2.81 bits per heavy atom. The maximum atomic E-state index is 12.1. The first-order chi connectivity index (χ1) is 10.0. The van der Waals surface area contributed by atoms with Crippen molar-refractivity contribution >= 4 is 17.3 Å². The van der Waals surface area contributed by atoms with Gasteiger partial charge in [0, 0.05) is 6.20 Å². The molecule has 0 radical (unpaired) electrons. The standard InChI is InChI=1S/C14H14N4O3/c1-9-4-3-7-16-12(9)8-17-14(19)10-5-2-6-11(15)13(10)18(20)21/h2-7H,8,15H2,1H3,(H,17,19). The van der Waals surface area contributed by atoms with Crippen LogP contribution >= 0.6 is 0 Å². The Bertz CT molecular complexity index is 700. The largest absolute Gasteiger partial charge is 0.393 e. The van der Waals surface area contributed by atoms with Gasteiger partial charge in [-0.1, -0.05) is 12.1 Å². The summed E-state index contributed by atoms with van der Waals surface area (Å²) in [5, 5.41) is 13.6. The lowest BCUT2D eigenvalue weighted by molar-refractivity contribution is -0.384. The Hall–Kier alpha value is -2.96. The summed E-state index contributed by atoms with van der Waals surface area (Å²) in [6.45, 7) is 2.06. The van der Waals surface area contributed by atoms with Gasteiger partial charge in [0.1, 0.15) is 11.3 Å². The summed E-state index contributed by atoms with van der Waals surface area (Å²) >= 11 is 0. The van der Waals surface area contributed by atoms with Gasteiger partial charge < -0.3 is 11.1 Å². The molecule has 21 heavy (non-hydrogen) atoms. The summed E-state index contributed by atoms with van der Waals surface area (Å²) in [4.78, 5) is 26.6. The number of rotatable bonds is 4. The molecule has 0 aliphatic carbocycles. The molecule has 0 saturated carbocycles. The van der Waals surface area contributed by atoms with Crippen molar-refractivity contribution in [1.29, 1.82) is 0 Å². The molecule has 0 aliphatic rings. The SMILES string of the molecule is Cc1cccnc1CNC(=O)c1cccc(N)c1[N+](=O)[O-]. The summed E-state index contributed by atoms with van der Waals surface area (Å²) in [5.41, 5.74) is 6.71. The molecule has 1 heterocycles. The quantitative estimate of drug-likeness (QED) is 0.506. The number of nitrogens with one attached hydrogen (secondary N) is 1. The van der Waals surface area contributed by atoms with E-state index in [2.05, 4.69) is 10.3 Å². The van der Waals surface area contributed by atoms with Crippen LogP contribution in [0, 0.1) is 17.0 Å². The summed E-state index contributed by atoms with van der Waals surface area (Å²) in [7, 11) is 0. The lowest BCUT2D eigenvalue weighted by atomic mass is 10.1. The number of pyridine rings is 1. The maximum Gasteiger partial charge on any atom is 0.304 e. The number of hydrogen-bond donors (Lipinski definition) is 2. The predicted octanol–water partition coefficient (Wildman–Crippen LogP) is 1.81. The molecule has 0 saturated heterocycles. The van der Waals surface area contributed by atoms with Crippen molar-refractivity contribution in [3.8, 4) is 0 Å². The number of benzene rings is 1. The third-order valence-electron chi connectivity index (χ3n) is 3.03. The van der Waals surface area contributed by atoms with E-state index in [9.17, 15) is 14.9 Å². The fourth-order valence-corrected chi connectivity index (χ4v) is 1.91. The van der Waals surface area contributed by atoms with Gasteiger partial charge in [0.15, 0.2) is 0 Å². The van der Waals surface area contributed by atoms with Gasteiger partial charge >= 0.3 is 5.69 Å². The molecule has 0 atom stereocenters. The van der Waals surface area contributed by atoms with Crippen LogP contribution in [-0.4, -0.2) is 15.8 Å². The van der Waals surface area contributed by atoms with E-state index in [4.69, 9.17) is 5.73 Å². The van der Waals surface area contributed by atoms with E-state index in [1.54, 1.807) is 12.3 Å². The highest BCUT2D eigenvalue weighted by atomic mass is 16.6. The highest BCUT2D eigenvalue weighted by Crippen LogP contribution is 2.25. The Labute approximate surface area is 121 Å². The molecule has 1 amide bonds. The van der Waals surface area contributed by atoms with Crippen LogP contribution < -0.4 is 11.1 Å². The van der Waals surface area contributed by atoms with Gasteiger partial charge in [0.2, 0.25) is 0 Å². The lowest BCUT2D eigenvalue weighted by Gasteiger charge is -2.08. The van der Waals surface area contributed by atoms with Crippen molar-refractivity contribution in [2.75, 3.05) is 5.73 Å². The Morgan fingerprint density at radius 1 is 1.38 bits per heavy atom. The monoisotopic (exact) mass is 286 g/mol. The second-order valence-electron chi connectivity index (χ2n) is 4.45. The van der Waals surface area contributed by atoms with Gasteiger partial charge in [-0.3, -0.25) is 19.9 Å². The highest BCUT2D eigenvalue weighted by molar-refractivity contribution is 6.00. The topological polar surface area (TPSA) is 111 Å². The van der Waals surface area contributed by atoms with Gasteiger partial charge in [0.05, 0.1) is 17.2 Å². The second kappa shape index (κ2) is 6.00. The highest BCUT2D eigenvalue weighted by Gasteiger charge is 2.22. The second-order valence-corrected chi connectivity index (χ2v) is 4.45. The number of anilines is 1. The number of carbonyl (C=O) groups is 1. The van der Waals surface area contributed by atoms with Crippen LogP contribution in [0.2, 0.25) is 0 Å². The number of nitrogens with zero attached hydrogens (tertiary/aromatic N) is 2. The average molecular weight is 286 g/mol. The first-order valence-corrected chi connectivity index (χ1v) is 6.22. The Morgan fingerprint density at radius 2 is 2.14 bits per heavy atom. The molecule has 1 aromatic carbocycles. The smallest absolute Gasteiger partial charge is 0.304 e. The van der Waals surface area contributed by atoms with Crippen LogP contribution in [0.4, 0.5) is 11.4 Å². The van der Waals surface area contributed by atoms with Crippen molar-refractivity contribution in [1.82, 2.24) is 10.3 Å². The fourth-order valence-electron chi connectivity index (χ4n) is 1.91. The number of aromatic nitrogens is 1. The number of para-hydroxylation sites is 1. The fraction of sp³-hybridized carbons (Fsp3) is 0.143. The van der Waals surface area contributed by atoms with Crippen molar-refractivity contribution in [3.05, 3.63) is 63.5 Å². The van der Waals surface area contributed by atoms with E-state index >= 15 is 0 Å². The molecule has 2 aromatic rings. The third-order valence-corrected chi connectivity index (χ3v) is 3.03. The van der Waals surface area contributed by atoms with E-state index in [-0.39, 0.29) is 23.5 Å². The zero-order chi connectivity index (χ0) is 15.4. The van der Waals surface area contributed by atoms with E-state index in [1.807, 2.05) is 13.0 Å². The molecule has 108 valence electrons. The van der Waals surface area contributed by atoms with Crippen molar-refractivity contribution < 1.29 is 9.72 Å². The minimum absolute atomic E-state index is 0.0401. The first-order valence-electron chi connectivity index (χ1n) is 6.22. The number of nitrogen functional groups attached to an aromatic ring is 1. The van der Waals surface area contributed by atoms with Crippen LogP contribution in [0.5, 0.6) is 0 Å². The average Bonchev–Trinajstić information content (AvgIpc) is 2.45. The van der Waals surface area contributed by atoms with E-state index in [1.165, 1.54) is 18.2 Å². The Balaban J connectivity index is 2.20.